The highest BCUT2D eigenvalue weighted by molar-refractivity contribution is 7.98. The van der Waals surface area contributed by atoms with Gasteiger partial charge in [0.1, 0.15) is 0 Å². The minimum atomic E-state index is -0.943. The second kappa shape index (κ2) is 14.2. The van der Waals surface area contributed by atoms with E-state index in [1.807, 2.05) is 6.26 Å². The number of aliphatic hydroxyl groups is 1. The van der Waals surface area contributed by atoms with Crippen LogP contribution in [0.15, 0.2) is 0 Å². The number of unbranched alkanes of at least 4 members (excludes halogenated alkanes) is 7. The number of thioether (sulfide) groups is 1. The highest BCUT2D eigenvalue weighted by atomic mass is 32.2. The van der Waals surface area contributed by atoms with Crippen LogP contribution in [0.3, 0.4) is 0 Å². The molecule has 4 heteroatoms. The predicted molar refractivity (Wildman–Crippen MR) is 82.6 cm³/mol. The zero-order valence-electron chi connectivity index (χ0n) is 12.5. The van der Waals surface area contributed by atoms with Gasteiger partial charge in [0.25, 0.3) is 0 Å². The molecule has 0 aliphatic heterocycles. The van der Waals surface area contributed by atoms with Crippen molar-refractivity contribution < 1.29 is 14.6 Å². The summed E-state index contributed by atoms with van der Waals surface area (Å²) in [6.07, 6.45) is 11.3. The van der Waals surface area contributed by atoms with Gasteiger partial charge in [-0.3, -0.25) is 0 Å². The van der Waals surface area contributed by atoms with Gasteiger partial charge in [-0.05, 0) is 24.9 Å². The lowest BCUT2D eigenvalue weighted by atomic mass is 10.1. The Morgan fingerprint density at radius 1 is 1.11 bits per heavy atom. The van der Waals surface area contributed by atoms with E-state index in [0.29, 0.717) is 13.0 Å². The fourth-order valence-corrected chi connectivity index (χ4v) is 2.31. The van der Waals surface area contributed by atoms with Crippen LogP contribution < -0.4 is 0 Å². The van der Waals surface area contributed by atoms with Crippen LogP contribution in [-0.2, 0) is 9.53 Å². The van der Waals surface area contributed by atoms with Crippen molar-refractivity contribution in [3.05, 3.63) is 0 Å². The molecule has 3 nitrogen and oxygen atoms in total. The van der Waals surface area contributed by atoms with Crippen LogP contribution in [0, 0.1) is 0 Å². The highest BCUT2D eigenvalue weighted by Gasteiger charge is 2.15. The number of carbonyl (C=O) groups excluding carboxylic acids is 1. The minimum absolute atomic E-state index is 0.449. The third-order valence-corrected chi connectivity index (χ3v) is 3.75. The van der Waals surface area contributed by atoms with Crippen LogP contribution in [0.2, 0.25) is 0 Å². The SMILES string of the molecule is CCCCCCCCCCOC(=O)C(O)CCSC. The summed E-state index contributed by atoms with van der Waals surface area (Å²) in [4.78, 5) is 11.4. The number of hydrogen-bond donors (Lipinski definition) is 1. The normalized spacial score (nSPS) is 12.4. The van der Waals surface area contributed by atoms with E-state index < -0.39 is 12.1 Å². The van der Waals surface area contributed by atoms with Crippen LogP contribution in [0.25, 0.3) is 0 Å². The summed E-state index contributed by atoms with van der Waals surface area (Å²) < 4.78 is 5.05. The lowest BCUT2D eigenvalue weighted by Gasteiger charge is -2.09. The van der Waals surface area contributed by atoms with Crippen LogP contribution in [0.4, 0.5) is 0 Å². The van der Waals surface area contributed by atoms with E-state index in [-0.39, 0.29) is 0 Å². The molecule has 0 rings (SSSR count). The van der Waals surface area contributed by atoms with Crippen molar-refractivity contribution in [3.63, 3.8) is 0 Å². The summed E-state index contributed by atoms with van der Waals surface area (Å²) in [6.45, 7) is 2.67. The van der Waals surface area contributed by atoms with E-state index in [2.05, 4.69) is 6.92 Å². The maximum absolute atomic E-state index is 11.4. The summed E-state index contributed by atoms with van der Waals surface area (Å²) in [5.74, 6) is 0.325. The van der Waals surface area contributed by atoms with Crippen LogP contribution >= 0.6 is 11.8 Å². The lowest BCUT2D eigenvalue weighted by molar-refractivity contribution is -0.153. The van der Waals surface area contributed by atoms with Crippen molar-refractivity contribution in [2.45, 2.75) is 70.8 Å². The molecule has 0 bridgehead atoms. The Morgan fingerprint density at radius 2 is 1.68 bits per heavy atom. The van der Waals surface area contributed by atoms with Crippen LogP contribution in [-0.4, -0.2) is 35.8 Å². The second-order valence-corrected chi connectivity index (χ2v) is 5.93. The van der Waals surface area contributed by atoms with E-state index in [4.69, 9.17) is 4.74 Å². The van der Waals surface area contributed by atoms with Gasteiger partial charge in [-0.25, -0.2) is 4.79 Å². The molecule has 114 valence electrons. The first kappa shape index (κ1) is 18.8. The smallest absolute Gasteiger partial charge is 0.334 e. The van der Waals surface area contributed by atoms with Gasteiger partial charge in [-0.15, -0.1) is 0 Å². The maximum atomic E-state index is 11.4. The Hall–Kier alpha value is -0.220. The summed E-state index contributed by atoms with van der Waals surface area (Å²) in [6, 6.07) is 0. The first-order valence-electron chi connectivity index (χ1n) is 7.56. The van der Waals surface area contributed by atoms with Crippen molar-refractivity contribution in [1.29, 1.82) is 0 Å². The quantitative estimate of drug-likeness (QED) is 0.414. The molecule has 0 aromatic heterocycles. The van der Waals surface area contributed by atoms with E-state index >= 15 is 0 Å². The first-order chi connectivity index (χ1) is 9.22. The van der Waals surface area contributed by atoms with Crippen LogP contribution in [0.5, 0.6) is 0 Å². The molecule has 0 fully saturated rings. The highest BCUT2D eigenvalue weighted by Crippen LogP contribution is 2.09. The molecule has 0 heterocycles. The van der Waals surface area contributed by atoms with Gasteiger partial charge >= 0.3 is 5.97 Å². The Balaban J connectivity index is 3.27. The zero-order valence-corrected chi connectivity index (χ0v) is 13.3. The van der Waals surface area contributed by atoms with Crippen molar-refractivity contribution in [3.8, 4) is 0 Å². The average molecular weight is 290 g/mol. The molecule has 0 saturated carbocycles. The topological polar surface area (TPSA) is 46.5 Å². The number of esters is 1. The van der Waals surface area contributed by atoms with Crippen molar-refractivity contribution in [2.75, 3.05) is 18.6 Å². The first-order valence-corrected chi connectivity index (χ1v) is 8.95. The summed E-state index contributed by atoms with van der Waals surface area (Å²) in [5, 5.41) is 9.48. The van der Waals surface area contributed by atoms with Crippen molar-refractivity contribution >= 4 is 17.7 Å². The number of rotatable bonds is 13. The van der Waals surface area contributed by atoms with E-state index in [1.54, 1.807) is 11.8 Å². The fourth-order valence-electron chi connectivity index (χ4n) is 1.85. The Kier molecular flexibility index (Phi) is 14.0. The molecule has 0 aliphatic carbocycles. The Morgan fingerprint density at radius 3 is 2.26 bits per heavy atom. The van der Waals surface area contributed by atoms with Gasteiger partial charge in [0, 0.05) is 0 Å². The molecule has 0 radical (unpaired) electrons. The summed E-state index contributed by atoms with van der Waals surface area (Å²) >= 11 is 1.62. The molecule has 0 aromatic carbocycles. The molecule has 1 N–H and O–H groups in total. The Labute approximate surface area is 122 Å². The van der Waals surface area contributed by atoms with Gasteiger partial charge in [-0.2, -0.15) is 11.8 Å². The van der Waals surface area contributed by atoms with Crippen molar-refractivity contribution in [1.82, 2.24) is 0 Å². The fraction of sp³-hybridized carbons (Fsp3) is 0.933. The molecule has 1 unspecified atom stereocenters. The molecular formula is C15H30O3S. The van der Waals surface area contributed by atoms with Gasteiger partial charge in [0.15, 0.2) is 6.10 Å². The molecule has 0 aromatic rings. The van der Waals surface area contributed by atoms with Gasteiger partial charge in [0.05, 0.1) is 6.61 Å². The molecule has 0 saturated heterocycles. The standard InChI is InChI=1S/C15H30O3S/c1-3-4-5-6-7-8-9-10-12-18-15(17)14(16)11-13-19-2/h14,16H,3-13H2,1-2H3. The lowest BCUT2D eigenvalue weighted by Crippen LogP contribution is -2.24. The Bertz CT molecular complexity index is 210. The molecule has 0 spiro atoms. The number of hydrogen-bond acceptors (Lipinski definition) is 4. The molecule has 1 atom stereocenters. The monoisotopic (exact) mass is 290 g/mol. The molecular weight excluding hydrogens is 260 g/mol. The van der Waals surface area contributed by atoms with Gasteiger partial charge in [-0.1, -0.05) is 51.9 Å². The van der Waals surface area contributed by atoms with E-state index in [9.17, 15) is 9.90 Å². The third-order valence-electron chi connectivity index (χ3n) is 3.11. The van der Waals surface area contributed by atoms with Gasteiger partial charge < -0.3 is 9.84 Å². The van der Waals surface area contributed by atoms with E-state index in [0.717, 1.165) is 18.6 Å². The number of carbonyl (C=O) groups is 1. The molecule has 19 heavy (non-hydrogen) atoms. The number of aliphatic hydroxyl groups excluding tert-OH is 1. The maximum Gasteiger partial charge on any atom is 0.334 e. The zero-order chi connectivity index (χ0) is 14.3. The van der Waals surface area contributed by atoms with Crippen molar-refractivity contribution in [2.24, 2.45) is 0 Å². The summed E-state index contributed by atoms with van der Waals surface area (Å²) in [7, 11) is 0. The van der Waals surface area contributed by atoms with E-state index in [1.165, 1.54) is 38.5 Å². The summed E-state index contributed by atoms with van der Waals surface area (Å²) in [5.41, 5.74) is 0. The number of ether oxygens (including phenoxy) is 1. The molecule has 0 amide bonds. The second-order valence-electron chi connectivity index (χ2n) is 4.94. The van der Waals surface area contributed by atoms with Gasteiger partial charge in [0.2, 0.25) is 0 Å². The largest absolute Gasteiger partial charge is 0.464 e. The predicted octanol–water partition coefficient (Wildman–Crippen LogP) is 3.78. The van der Waals surface area contributed by atoms with Crippen LogP contribution in [0.1, 0.15) is 64.7 Å². The molecule has 0 aliphatic rings. The minimum Gasteiger partial charge on any atom is -0.464 e. The third kappa shape index (κ3) is 12.6. The average Bonchev–Trinajstić information content (AvgIpc) is 2.42.